The van der Waals surface area contributed by atoms with E-state index in [2.05, 4.69) is 95.6 Å². The zero-order chi connectivity index (χ0) is 15.2. The Morgan fingerprint density at radius 2 is 1.67 bits per heavy atom. The molecule has 0 aliphatic carbocycles. The minimum atomic E-state index is 0.404. The van der Waals surface area contributed by atoms with Crippen molar-refractivity contribution < 1.29 is 0 Å². The lowest BCUT2D eigenvalue weighted by atomic mass is 10.1. The Labute approximate surface area is 136 Å². The van der Waals surface area contributed by atoms with Crippen LogP contribution in [-0.4, -0.2) is 13.6 Å². The highest BCUT2D eigenvalue weighted by Gasteiger charge is 2.06. The van der Waals surface area contributed by atoms with E-state index in [1.807, 2.05) is 0 Å². The van der Waals surface area contributed by atoms with E-state index in [-0.39, 0.29) is 0 Å². The van der Waals surface area contributed by atoms with Crippen LogP contribution in [0.5, 0.6) is 0 Å². The van der Waals surface area contributed by atoms with Crippen molar-refractivity contribution in [3.05, 3.63) is 64.1 Å². The van der Waals surface area contributed by atoms with Crippen LogP contribution in [0.15, 0.2) is 53.0 Å². The third-order valence-electron chi connectivity index (χ3n) is 3.68. The van der Waals surface area contributed by atoms with E-state index in [0.717, 1.165) is 17.6 Å². The van der Waals surface area contributed by atoms with Crippen molar-refractivity contribution in [1.82, 2.24) is 5.32 Å². The van der Waals surface area contributed by atoms with Gasteiger partial charge in [0.05, 0.1) is 0 Å². The highest BCUT2D eigenvalue weighted by Crippen LogP contribution is 2.20. The molecule has 1 unspecified atom stereocenters. The molecule has 0 aromatic heterocycles. The van der Waals surface area contributed by atoms with Gasteiger partial charge in [-0.3, -0.25) is 0 Å². The molecule has 0 radical (unpaired) electrons. The summed E-state index contributed by atoms with van der Waals surface area (Å²) >= 11 is 3.47. The quantitative estimate of drug-likeness (QED) is 0.811. The van der Waals surface area contributed by atoms with Crippen LogP contribution in [0.3, 0.4) is 0 Å². The number of nitrogens with zero attached hydrogens (tertiary/aromatic N) is 1. The summed E-state index contributed by atoms with van der Waals surface area (Å²) in [6, 6.07) is 17.7. The maximum absolute atomic E-state index is 3.47. The van der Waals surface area contributed by atoms with E-state index in [1.54, 1.807) is 0 Å². The van der Waals surface area contributed by atoms with Gasteiger partial charge in [0, 0.05) is 29.8 Å². The van der Waals surface area contributed by atoms with E-state index >= 15 is 0 Å². The molecule has 0 heterocycles. The van der Waals surface area contributed by atoms with E-state index in [0.29, 0.717) is 6.04 Å². The fraction of sp³-hybridized carbons (Fsp3) is 0.333. The molecule has 1 N–H and O–H groups in total. The third-order valence-corrected chi connectivity index (χ3v) is 4.21. The maximum atomic E-state index is 3.47. The molecule has 0 aliphatic heterocycles. The first kappa shape index (κ1) is 16.1. The minimum Gasteiger partial charge on any atom is -0.370 e. The van der Waals surface area contributed by atoms with Crippen molar-refractivity contribution in [1.29, 1.82) is 0 Å². The molecule has 0 aliphatic rings. The Bertz CT molecular complexity index is 548. The summed E-state index contributed by atoms with van der Waals surface area (Å²) in [5.74, 6) is 0. The van der Waals surface area contributed by atoms with E-state index < -0.39 is 0 Å². The highest BCUT2D eigenvalue weighted by atomic mass is 79.9. The van der Waals surface area contributed by atoms with Crippen molar-refractivity contribution in [3.63, 3.8) is 0 Å². The zero-order valence-electron chi connectivity index (χ0n) is 12.9. The fourth-order valence-electron chi connectivity index (χ4n) is 2.40. The summed E-state index contributed by atoms with van der Waals surface area (Å²) in [5, 5.41) is 3.44. The first-order valence-corrected chi connectivity index (χ1v) is 8.18. The van der Waals surface area contributed by atoms with E-state index in [4.69, 9.17) is 0 Å². The van der Waals surface area contributed by atoms with Gasteiger partial charge in [-0.05, 0) is 48.9 Å². The second-order valence-electron chi connectivity index (χ2n) is 5.35. The number of benzene rings is 2. The SMILES string of the molecule is CCNC(C)c1ccc(N(C)Cc2ccc(Br)cc2)cc1. The lowest BCUT2D eigenvalue weighted by molar-refractivity contribution is 0.598. The normalized spacial score (nSPS) is 12.2. The van der Waals surface area contributed by atoms with Gasteiger partial charge in [0.25, 0.3) is 0 Å². The summed E-state index contributed by atoms with van der Waals surface area (Å²) < 4.78 is 1.12. The van der Waals surface area contributed by atoms with Gasteiger partial charge in [-0.25, -0.2) is 0 Å². The molecule has 3 heteroatoms. The van der Waals surface area contributed by atoms with Crippen LogP contribution in [0.1, 0.15) is 31.0 Å². The Kier molecular flexibility index (Phi) is 5.83. The van der Waals surface area contributed by atoms with Gasteiger partial charge in [0.2, 0.25) is 0 Å². The number of nitrogens with one attached hydrogen (secondary N) is 1. The molecule has 2 rings (SSSR count). The monoisotopic (exact) mass is 346 g/mol. The summed E-state index contributed by atoms with van der Waals surface area (Å²) in [7, 11) is 2.13. The van der Waals surface area contributed by atoms with Crippen LogP contribution in [0, 0.1) is 0 Å². The fourth-order valence-corrected chi connectivity index (χ4v) is 2.66. The van der Waals surface area contributed by atoms with Crippen molar-refractivity contribution in [2.24, 2.45) is 0 Å². The number of halogens is 1. The molecule has 21 heavy (non-hydrogen) atoms. The van der Waals surface area contributed by atoms with Crippen LogP contribution in [0.4, 0.5) is 5.69 Å². The standard InChI is InChI=1S/C18H23BrN2/c1-4-20-14(2)16-7-11-18(12-8-16)21(3)13-15-5-9-17(19)10-6-15/h5-12,14,20H,4,13H2,1-3H3. The molecule has 0 fully saturated rings. The second kappa shape index (κ2) is 7.62. The third kappa shape index (κ3) is 4.58. The molecule has 112 valence electrons. The van der Waals surface area contributed by atoms with Gasteiger partial charge in [0.15, 0.2) is 0 Å². The Balaban J connectivity index is 2.02. The second-order valence-corrected chi connectivity index (χ2v) is 6.27. The van der Waals surface area contributed by atoms with Crippen LogP contribution < -0.4 is 10.2 Å². The van der Waals surface area contributed by atoms with Crippen molar-refractivity contribution in [3.8, 4) is 0 Å². The van der Waals surface area contributed by atoms with Gasteiger partial charge < -0.3 is 10.2 Å². The molecule has 0 amide bonds. The minimum absolute atomic E-state index is 0.404. The lowest BCUT2D eigenvalue weighted by Crippen LogP contribution is -2.18. The molecule has 2 aromatic rings. The Morgan fingerprint density at radius 1 is 1.05 bits per heavy atom. The van der Waals surface area contributed by atoms with E-state index in [9.17, 15) is 0 Å². The Morgan fingerprint density at radius 3 is 2.24 bits per heavy atom. The molecule has 2 nitrogen and oxygen atoms in total. The van der Waals surface area contributed by atoms with Gasteiger partial charge in [-0.2, -0.15) is 0 Å². The zero-order valence-corrected chi connectivity index (χ0v) is 14.5. The van der Waals surface area contributed by atoms with Crippen LogP contribution in [0.2, 0.25) is 0 Å². The molecule has 0 bridgehead atoms. The molecule has 0 saturated carbocycles. The van der Waals surface area contributed by atoms with Crippen molar-refractivity contribution in [2.45, 2.75) is 26.4 Å². The van der Waals surface area contributed by atoms with Crippen molar-refractivity contribution >= 4 is 21.6 Å². The molecular weight excluding hydrogens is 324 g/mol. The molecule has 1 atom stereocenters. The highest BCUT2D eigenvalue weighted by molar-refractivity contribution is 9.10. The van der Waals surface area contributed by atoms with E-state index in [1.165, 1.54) is 16.8 Å². The van der Waals surface area contributed by atoms with Crippen LogP contribution >= 0.6 is 15.9 Å². The summed E-state index contributed by atoms with van der Waals surface area (Å²) in [4.78, 5) is 2.27. The number of rotatable bonds is 6. The topological polar surface area (TPSA) is 15.3 Å². The predicted octanol–water partition coefficient (Wildman–Crippen LogP) is 4.76. The lowest BCUT2D eigenvalue weighted by Gasteiger charge is -2.21. The molecular formula is C18H23BrN2. The summed E-state index contributed by atoms with van der Waals surface area (Å²) in [5.41, 5.74) is 3.88. The average molecular weight is 347 g/mol. The first-order valence-electron chi connectivity index (χ1n) is 7.39. The largest absolute Gasteiger partial charge is 0.370 e. The summed E-state index contributed by atoms with van der Waals surface area (Å²) in [6.07, 6.45) is 0. The molecule has 2 aromatic carbocycles. The average Bonchev–Trinajstić information content (AvgIpc) is 2.50. The van der Waals surface area contributed by atoms with Gasteiger partial charge >= 0.3 is 0 Å². The maximum Gasteiger partial charge on any atom is 0.0426 e. The first-order chi connectivity index (χ1) is 10.1. The molecule has 0 saturated heterocycles. The van der Waals surface area contributed by atoms with Crippen molar-refractivity contribution in [2.75, 3.05) is 18.5 Å². The van der Waals surface area contributed by atoms with Gasteiger partial charge in [-0.1, -0.05) is 47.1 Å². The van der Waals surface area contributed by atoms with Crippen LogP contribution in [-0.2, 0) is 6.54 Å². The van der Waals surface area contributed by atoms with Gasteiger partial charge in [0.1, 0.15) is 0 Å². The van der Waals surface area contributed by atoms with Crippen LogP contribution in [0.25, 0.3) is 0 Å². The number of hydrogen-bond acceptors (Lipinski definition) is 2. The molecule has 0 spiro atoms. The smallest absolute Gasteiger partial charge is 0.0426 e. The predicted molar refractivity (Wildman–Crippen MR) is 94.8 cm³/mol. The summed E-state index contributed by atoms with van der Waals surface area (Å²) in [6.45, 7) is 6.24. The number of anilines is 1. The Hall–Kier alpha value is -1.32. The number of hydrogen-bond donors (Lipinski definition) is 1. The van der Waals surface area contributed by atoms with Gasteiger partial charge in [-0.15, -0.1) is 0 Å².